The van der Waals surface area contributed by atoms with Gasteiger partial charge in [0.2, 0.25) is 0 Å². The van der Waals surface area contributed by atoms with Crippen LogP contribution in [-0.2, 0) is 0 Å². The fraction of sp³-hybridized carbons (Fsp3) is 0.615. The van der Waals surface area contributed by atoms with Crippen LogP contribution < -0.4 is 5.73 Å². The first kappa shape index (κ1) is 12.5. The second-order valence-electron chi connectivity index (χ2n) is 4.79. The predicted molar refractivity (Wildman–Crippen MR) is 66.0 cm³/mol. The zero-order valence-corrected chi connectivity index (χ0v) is 10.3. The minimum absolute atomic E-state index is 0.259. The maximum absolute atomic E-state index is 12.8. The molecule has 94 valence electrons. The van der Waals surface area contributed by atoms with Gasteiger partial charge in [-0.2, -0.15) is 0 Å². The maximum atomic E-state index is 12.8. The number of nitrogens with zero attached hydrogens (tertiary/aromatic N) is 2. The summed E-state index contributed by atoms with van der Waals surface area (Å²) in [7, 11) is 0. The number of rotatable bonds is 3. The third kappa shape index (κ3) is 3.01. The summed E-state index contributed by atoms with van der Waals surface area (Å²) >= 11 is 0. The molecule has 2 heterocycles. The number of hydrogen-bond donors (Lipinski definition) is 1. The quantitative estimate of drug-likeness (QED) is 0.873. The van der Waals surface area contributed by atoms with E-state index in [0.717, 1.165) is 38.2 Å². The molecule has 1 unspecified atom stereocenters. The van der Waals surface area contributed by atoms with E-state index in [0.29, 0.717) is 5.92 Å². The summed E-state index contributed by atoms with van der Waals surface area (Å²) in [4.78, 5) is 6.55. The molecule has 1 fully saturated rings. The van der Waals surface area contributed by atoms with Gasteiger partial charge in [0, 0.05) is 6.04 Å². The normalized spacial score (nSPS) is 20.4. The van der Waals surface area contributed by atoms with Crippen molar-refractivity contribution in [1.29, 1.82) is 0 Å². The molecule has 0 bridgehead atoms. The Labute approximate surface area is 102 Å². The number of aromatic nitrogens is 1. The van der Waals surface area contributed by atoms with Crippen LogP contribution in [0, 0.1) is 11.7 Å². The molecule has 1 aromatic heterocycles. The SMILES string of the molecule is CC(c1ccc(F)cn1)N1CCC(CN)CC1. The second kappa shape index (κ2) is 5.56. The monoisotopic (exact) mass is 237 g/mol. The van der Waals surface area contributed by atoms with Crippen molar-refractivity contribution in [2.75, 3.05) is 19.6 Å². The van der Waals surface area contributed by atoms with Crippen LogP contribution in [-0.4, -0.2) is 29.5 Å². The van der Waals surface area contributed by atoms with E-state index in [4.69, 9.17) is 5.73 Å². The lowest BCUT2D eigenvalue weighted by Crippen LogP contribution is -2.37. The van der Waals surface area contributed by atoms with Crippen molar-refractivity contribution in [3.8, 4) is 0 Å². The number of likely N-dealkylation sites (tertiary alicyclic amines) is 1. The van der Waals surface area contributed by atoms with Crippen molar-refractivity contribution in [3.05, 3.63) is 29.8 Å². The first-order valence-corrected chi connectivity index (χ1v) is 6.26. The fourth-order valence-electron chi connectivity index (χ4n) is 2.40. The molecule has 0 spiro atoms. The van der Waals surface area contributed by atoms with E-state index in [9.17, 15) is 4.39 Å². The summed E-state index contributed by atoms with van der Waals surface area (Å²) in [6.45, 7) is 5.03. The highest BCUT2D eigenvalue weighted by atomic mass is 19.1. The molecule has 17 heavy (non-hydrogen) atoms. The van der Waals surface area contributed by atoms with Crippen LogP contribution in [0.25, 0.3) is 0 Å². The van der Waals surface area contributed by atoms with E-state index < -0.39 is 0 Å². The Bertz CT molecular complexity index is 344. The van der Waals surface area contributed by atoms with E-state index in [1.54, 1.807) is 6.07 Å². The van der Waals surface area contributed by atoms with Gasteiger partial charge in [-0.3, -0.25) is 9.88 Å². The molecular formula is C13H20FN3. The third-order valence-electron chi connectivity index (χ3n) is 3.71. The molecule has 2 N–H and O–H groups in total. The smallest absolute Gasteiger partial charge is 0.141 e. The minimum Gasteiger partial charge on any atom is -0.330 e. The average Bonchev–Trinajstić information content (AvgIpc) is 2.39. The van der Waals surface area contributed by atoms with Crippen LogP contribution >= 0.6 is 0 Å². The lowest BCUT2D eigenvalue weighted by molar-refractivity contribution is 0.141. The first-order valence-electron chi connectivity index (χ1n) is 6.26. The molecule has 3 nitrogen and oxygen atoms in total. The zero-order chi connectivity index (χ0) is 12.3. The zero-order valence-electron chi connectivity index (χ0n) is 10.3. The highest BCUT2D eigenvalue weighted by molar-refractivity contribution is 5.09. The van der Waals surface area contributed by atoms with Gasteiger partial charge >= 0.3 is 0 Å². The van der Waals surface area contributed by atoms with Crippen molar-refractivity contribution < 1.29 is 4.39 Å². The van der Waals surface area contributed by atoms with E-state index in [2.05, 4.69) is 16.8 Å². The Morgan fingerprint density at radius 3 is 2.71 bits per heavy atom. The van der Waals surface area contributed by atoms with Gasteiger partial charge in [-0.1, -0.05) is 0 Å². The van der Waals surface area contributed by atoms with Crippen LogP contribution in [0.1, 0.15) is 31.5 Å². The Hall–Kier alpha value is -1.00. The summed E-state index contributed by atoms with van der Waals surface area (Å²) in [6, 6.07) is 3.51. The van der Waals surface area contributed by atoms with Gasteiger partial charge in [0.05, 0.1) is 11.9 Å². The Morgan fingerprint density at radius 2 is 2.18 bits per heavy atom. The molecule has 1 atom stereocenters. The molecule has 2 rings (SSSR count). The lowest BCUT2D eigenvalue weighted by atomic mass is 9.95. The van der Waals surface area contributed by atoms with E-state index in [-0.39, 0.29) is 11.9 Å². The molecule has 1 aromatic rings. The molecular weight excluding hydrogens is 217 g/mol. The average molecular weight is 237 g/mol. The molecule has 0 radical (unpaired) electrons. The van der Waals surface area contributed by atoms with Gasteiger partial charge in [0.15, 0.2) is 0 Å². The largest absolute Gasteiger partial charge is 0.330 e. The molecule has 0 saturated carbocycles. The Morgan fingerprint density at radius 1 is 1.47 bits per heavy atom. The van der Waals surface area contributed by atoms with Crippen LogP contribution in [0.3, 0.4) is 0 Å². The summed E-state index contributed by atoms with van der Waals surface area (Å²) < 4.78 is 12.8. The Kier molecular flexibility index (Phi) is 4.07. The molecule has 0 aromatic carbocycles. The van der Waals surface area contributed by atoms with Crippen molar-refractivity contribution >= 4 is 0 Å². The fourth-order valence-corrected chi connectivity index (χ4v) is 2.40. The highest BCUT2D eigenvalue weighted by Gasteiger charge is 2.23. The molecule has 1 saturated heterocycles. The van der Waals surface area contributed by atoms with Gasteiger partial charge in [-0.15, -0.1) is 0 Å². The molecule has 1 aliphatic rings. The summed E-state index contributed by atoms with van der Waals surface area (Å²) in [5, 5.41) is 0. The number of nitrogens with two attached hydrogens (primary N) is 1. The van der Waals surface area contributed by atoms with Gasteiger partial charge in [0.1, 0.15) is 5.82 Å². The number of halogens is 1. The van der Waals surface area contributed by atoms with E-state index >= 15 is 0 Å². The summed E-state index contributed by atoms with van der Waals surface area (Å²) in [5.41, 5.74) is 6.62. The first-order chi connectivity index (χ1) is 8.20. The molecule has 1 aliphatic heterocycles. The van der Waals surface area contributed by atoms with Crippen LogP contribution in [0.5, 0.6) is 0 Å². The van der Waals surface area contributed by atoms with Crippen molar-refractivity contribution in [2.24, 2.45) is 11.7 Å². The van der Waals surface area contributed by atoms with Crippen molar-refractivity contribution in [3.63, 3.8) is 0 Å². The summed E-state index contributed by atoms with van der Waals surface area (Å²) in [6.07, 6.45) is 3.60. The Balaban J connectivity index is 1.96. The van der Waals surface area contributed by atoms with Gasteiger partial charge in [-0.05, 0) is 57.5 Å². The summed E-state index contributed by atoms with van der Waals surface area (Å²) in [5.74, 6) is 0.391. The van der Waals surface area contributed by atoms with E-state index in [1.165, 1.54) is 12.3 Å². The molecule has 0 aliphatic carbocycles. The van der Waals surface area contributed by atoms with Gasteiger partial charge in [0.25, 0.3) is 0 Å². The van der Waals surface area contributed by atoms with Crippen LogP contribution in [0.2, 0.25) is 0 Å². The van der Waals surface area contributed by atoms with Crippen molar-refractivity contribution in [2.45, 2.75) is 25.8 Å². The van der Waals surface area contributed by atoms with Crippen LogP contribution in [0.15, 0.2) is 18.3 Å². The highest BCUT2D eigenvalue weighted by Crippen LogP contribution is 2.24. The number of piperidine rings is 1. The van der Waals surface area contributed by atoms with Gasteiger partial charge in [-0.25, -0.2) is 4.39 Å². The van der Waals surface area contributed by atoms with Gasteiger partial charge < -0.3 is 5.73 Å². The molecule has 4 heteroatoms. The standard InChI is InChI=1S/C13H20FN3/c1-10(13-3-2-12(14)9-16-13)17-6-4-11(8-15)5-7-17/h2-3,9-11H,4-8,15H2,1H3. The number of hydrogen-bond acceptors (Lipinski definition) is 3. The third-order valence-corrected chi connectivity index (χ3v) is 3.71. The maximum Gasteiger partial charge on any atom is 0.141 e. The van der Waals surface area contributed by atoms with Crippen LogP contribution in [0.4, 0.5) is 4.39 Å². The second-order valence-corrected chi connectivity index (χ2v) is 4.79. The number of pyridine rings is 1. The lowest BCUT2D eigenvalue weighted by Gasteiger charge is -2.35. The topological polar surface area (TPSA) is 42.2 Å². The molecule has 0 amide bonds. The minimum atomic E-state index is -0.275. The predicted octanol–water partition coefficient (Wildman–Crippen LogP) is 1.95. The van der Waals surface area contributed by atoms with Crippen molar-refractivity contribution in [1.82, 2.24) is 9.88 Å². The van der Waals surface area contributed by atoms with E-state index in [1.807, 2.05) is 0 Å².